The number of carbonyl (C=O) groups excluding carboxylic acids is 2. The van der Waals surface area contributed by atoms with Gasteiger partial charge in [-0.25, -0.2) is 0 Å². The van der Waals surface area contributed by atoms with Crippen molar-refractivity contribution in [2.75, 3.05) is 0 Å². The third kappa shape index (κ3) is 10.3. The fraction of sp³-hybridized carbons (Fsp3) is 0.0588. The zero-order valence-electron chi connectivity index (χ0n) is 23.4. The van der Waals surface area contributed by atoms with Crippen LogP contribution in [0.15, 0.2) is 121 Å². The van der Waals surface area contributed by atoms with Crippen LogP contribution in [0.2, 0.25) is 0 Å². The predicted octanol–water partition coefficient (Wildman–Crippen LogP) is 1.09. The summed E-state index contributed by atoms with van der Waals surface area (Å²) in [7, 11) is 0. The Kier molecular flexibility index (Phi) is 17.4. The standard InChI is InChI=1S/2C16H13.2CH3NO.2ClH.In.Zr/c2*1-12-10-14-8-5-9-15(16(14)11-12)13-6-3-2-4-7-13;2*2-1-3;;;;/h2*2-11H,1H3;2*1H,(H2,2,3);2*1H;;/q2*-1;;;;;+2;+4/p-4. The van der Waals surface area contributed by atoms with Gasteiger partial charge in [0.15, 0.2) is 0 Å². The topological polar surface area (TPSA) is 58.2 Å². The van der Waals surface area contributed by atoms with E-state index in [0.29, 0.717) is 12.8 Å². The third-order valence-electron chi connectivity index (χ3n) is 6.26. The quantitative estimate of drug-likeness (QED) is 0.152. The molecular weight excluding hydrogens is 745 g/mol. The molecule has 4 nitrogen and oxygen atoms in total. The molecule has 6 rings (SSSR count). The van der Waals surface area contributed by atoms with Gasteiger partial charge in [-0.15, -0.1) is 69.1 Å². The van der Waals surface area contributed by atoms with E-state index in [9.17, 15) is 9.59 Å². The Bertz CT molecular complexity index is 1530. The van der Waals surface area contributed by atoms with Crippen molar-refractivity contribution in [3.8, 4) is 22.3 Å². The van der Waals surface area contributed by atoms with Gasteiger partial charge in [-0.3, -0.25) is 0 Å². The van der Waals surface area contributed by atoms with Gasteiger partial charge in [-0.2, -0.15) is 12.1 Å². The van der Waals surface area contributed by atoms with Crippen LogP contribution < -0.4 is 31.4 Å². The van der Waals surface area contributed by atoms with E-state index in [-0.39, 0.29) is 51.0 Å². The molecule has 6 aromatic carbocycles. The van der Waals surface area contributed by atoms with Gasteiger partial charge in [-0.05, 0) is 11.1 Å². The van der Waals surface area contributed by atoms with E-state index in [1.807, 2.05) is 0 Å². The Hall–Kier alpha value is -2.63. The smallest absolute Gasteiger partial charge is 1.00 e. The number of nitrogens with one attached hydrogen (secondary N) is 2. The Morgan fingerprint density at radius 1 is 0.571 bits per heavy atom. The summed E-state index contributed by atoms with van der Waals surface area (Å²) < 4.78 is 4.83. The van der Waals surface area contributed by atoms with E-state index in [1.54, 1.807) is 0 Å². The van der Waals surface area contributed by atoms with Crippen molar-refractivity contribution in [1.82, 2.24) is 6.61 Å². The molecule has 0 spiro atoms. The number of hydrogen-bond donors (Lipinski definition) is 2. The predicted molar refractivity (Wildman–Crippen MR) is 164 cm³/mol. The van der Waals surface area contributed by atoms with Gasteiger partial charge in [0.2, 0.25) is 0 Å². The number of aryl methyl sites for hydroxylation is 2. The molecule has 0 unspecified atom stereocenters. The molecule has 0 aliphatic carbocycles. The van der Waals surface area contributed by atoms with E-state index in [2.05, 4.69) is 142 Å². The van der Waals surface area contributed by atoms with Gasteiger partial charge >= 0.3 is 78.7 Å². The Morgan fingerprint density at radius 3 is 1.31 bits per heavy atom. The second-order valence-corrected chi connectivity index (χ2v) is 11.9. The summed E-state index contributed by atoms with van der Waals surface area (Å²) >= 11 is -1.20. The normalized spacial score (nSPS) is 9.29. The Balaban J connectivity index is 0.000000327. The van der Waals surface area contributed by atoms with Crippen molar-refractivity contribution in [3.63, 3.8) is 0 Å². The van der Waals surface area contributed by atoms with Crippen LogP contribution >= 0.6 is 0 Å². The summed E-state index contributed by atoms with van der Waals surface area (Å²) in [5.74, 6) is 0. The van der Waals surface area contributed by atoms with Crippen LogP contribution in [0.5, 0.6) is 0 Å². The zero-order chi connectivity index (χ0) is 27.5. The number of amides is 2. The molecule has 2 amide bonds. The van der Waals surface area contributed by atoms with Crippen LogP contribution in [0.25, 0.3) is 43.8 Å². The molecular formula is C34H30Cl2InN2O2Zr. The number of carbonyl (C=O) groups is 2. The number of fused-ring (bicyclic) bond motifs is 2. The van der Waals surface area contributed by atoms with E-state index in [0.717, 1.165) is 0 Å². The van der Waals surface area contributed by atoms with Crippen LogP contribution in [0.1, 0.15) is 11.1 Å². The molecule has 0 aromatic heterocycles. The number of benzene rings is 4. The molecule has 0 aliphatic rings. The molecule has 1 radical (unpaired) electrons. The van der Waals surface area contributed by atoms with Crippen LogP contribution in [0.3, 0.4) is 0 Å². The van der Waals surface area contributed by atoms with Crippen molar-refractivity contribution in [1.29, 1.82) is 0 Å². The van der Waals surface area contributed by atoms with E-state index < -0.39 is 23.5 Å². The van der Waals surface area contributed by atoms with Crippen LogP contribution in [0, 0.1) is 13.8 Å². The minimum atomic E-state index is -1.20. The van der Waals surface area contributed by atoms with Crippen molar-refractivity contribution in [3.05, 3.63) is 132 Å². The first-order valence-electron chi connectivity index (χ1n) is 12.7. The van der Waals surface area contributed by atoms with Gasteiger partial charge in [0.05, 0.1) is 0 Å². The summed E-state index contributed by atoms with van der Waals surface area (Å²) in [6.07, 6.45) is 1.19. The summed E-state index contributed by atoms with van der Waals surface area (Å²) in [6, 6.07) is 43.1. The van der Waals surface area contributed by atoms with Gasteiger partial charge < -0.3 is 24.8 Å². The van der Waals surface area contributed by atoms with Crippen molar-refractivity contribution in [2.45, 2.75) is 13.8 Å². The average Bonchev–Trinajstić information content (AvgIpc) is 3.55. The largest absolute Gasteiger partial charge is 4.00 e. The molecule has 2 N–H and O–H groups in total. The van der Waals surface area contributed by atoms with Crippen molar-refractivity contribution in [2.24, 2.45) is 0 Å². The third-order valence-corrected chi connectivity index (χ3v) is 7.99. The van der Waals surface area contributed by atoms with Crippen LogP contribution in [-0.2, 0) is 35.8 Å². The monoisotopic (exact) mass is 773 g/mol. The first-order chi connectivity index (χ1) is 19.1. The van der Waals surface area contributed by atoms with E-state index in [1.165, 1.54) is 54.9 Å². The average molecular weight is 776 g/mol. The summed E-state index contributed by atoms with van der Waals surface area (Å²) in [5.41, 5.74) is 7.89. The molecule has 8 heteroatoms. The maximum atomic E-state index is 9.46. The maximum absolute atomic E-state index is 9.46. The van der Waals surface area contributed by atoms with Gasteiger partial charge in [-0.1, -0.05) is 97.8 Å². The fourth-order valence-electron chi connectivity index (χ4n) is 4.62. The van der Waals surface area contributed by atoms with Crippen LogP contribution in [0.4, 0.5) is 0 Å². The summed E-state index contributed by atoms with van der Waals surface area (Å²) in [5, 5.41) is 5.37. The van der Waals surface area contributed by atoms with Crippen LogP contribution in [-0.4, -0.2) is 36.3 Å². The zero-order valence-corrected chi connectivity index (χ0v) is 30.6. The molecule has 0 saturated heterocycles. The molecule has 0 saturated carbocycles. The number of halogens is 2. The molecule has 0 atom stereocenters. The molecule has 0 heterocycles. The number of hydrogen-bond acceptors (Lipinski definition) is 2. The molecule has 0 aliphatic heterocycles. The summed E-state index contributed by atoms with van der Waals surface area (Å²) in [6.45, 7) is 4.30. The molecule has 0 fully saturated rings. The SMILES string of the molecule is Cc1cc2c(-c3ccccc3)cccc2[cH-]1.Cc1cc2c(-c3ccccc3)cccc2[cH-]1.O=C[NH][In][NH]C=O.[Cl-].[Cl-].[Zr+4]. The Morgan fingerprint density at radius 2 is 0.952 bits per heavy atom. The summed E-state index contributed by atoms with van der Waals surface area (Å²) in [4.78, 5) is 18.9. The van der Waals surface area contributed by atoms with E-state index >= 15 is 0 Å². The molecule has 42 heavy (non-hydrogen) atoms. The minimum absolute atomic E-state index is 0. The molecule has 0 bridgehead atoms. The first-order valence-corrected chi connectivity index (χ1v) is 16.0. The number of rotatable bonds is 6. The van der Waals surface area contributed by atoms with Gasteiger partial charge in [0, 0.05) is 0 Å². The second-order valence-electron chi connectivity index (χ2n) is 9.13. The van der Waals surface area contributed by atoms with Gasteiger partial charge in [0.25, 0.3) is 0 Å². The fourth-order valence-corrected chi connectivity index (χ4v) is 5.29. The maximum Gasteiger partial charge on any atom is 4.00 e. The van der Waals surface area contributed by atoms with Gasteiger partial charge in [0.1, 0.15) is 0 Å². The minimum Gasteiger partial charge on any atom is -1.00 e. The van der Waals surface area contributed by atoms with Crippen molar-refractivity contribution < 1.29 is 60.6 Å². The Labute approximate surface area is 291 Å². The molecule has 209 valence electrons. The second kappa shape index (κ2) is 19.5. The van der Waals surface area contributed by atoms with Crippen molar-refractivity contribution >= 4 is 57.8 Å². The van der Waals surface area contributed by atoms with E-state index in [4.69, 9.17) is 0 Å². The first kappa shape index (κ1) is 37.4. The molecule has 6 aromatic rings.